The molecule has 120 valence electrons. The topological polar surface area (TPSA) is 98.8 Å². The number of H-pyrrole nitrogens is 1. The maximum absolute atomic E-state index is 13.8. The molecular weight excluding hydrogens is 297 g/mol. The van der Waals surface area contributed by atoms with Gasteiger partial charge in [-0.3, -0.25) is 9.89 Å². The highest BCUT2D eigenvalue weighted by Gasteiger charge is 2.16. The summed E-state index contributed by atoms with van der Waals surface area (Å²) in [5.41, 5.74) is 7.29. The van der Waals surface area contributed by atoms with Gasteiger partial charge in [-0.1, -0.05) is 6.07 Å². The zero-order valence-electron chi connectivity index (χ0n) is 13.1. The molecule has 2 rings (SSSR count). The number of nitrogens with one attached hydrogen (secondary N) is 1. The van der Waals surface area contributed by atoms with Crippen LogP contribution in [0.4, 0.5) is 15.9 Å². The van der Waals surface area contributed by atoms with Gasteiger partial charge in [0.25, 0.3) is 0 Å². The normalized spacial score (nSPS) is 10.3. The number of nitrogens with two attached hydrogens (primary N) is 1. The lowest BCUT2D eigenvalue weighted by molar-refractivity contribution is 0.101. The Morgan fingerprint density at radius 2 is 2.26 bits per heavy atom. The molecule has 3 N–H and O–H groups in total. The van der Waals surface area contributed by atoms with E-state index in [1.165, 1.54) is 13.0 Å². The van der Waals surface area contributed by atoms with Crippen LogP contribution in [-0.2, 0) is 6.42 Å². The minimum atomic E-state index is -0.519. The molecular formula is C16H18FN5O. The fraction of sp³-hybridized carbons (Fsp3) is 0.312. The van der Waals surface area contributed by atoms with Crippen molar-refractivity contribution in [3.63, 3.8) is 0 Å². The summed E-state index contributed by atoms with van der Waals surface area (Å²) in [6.07, 6.45) is 1.28. The van der Waals surface area contributed by atoms with Crippen LogP contribution in [0.15, 0.2) is 18.2 Å². The molecule has 1 aromatic carbocycles. The third-order valence-corrected chi connectivity index (χ3v) is 3.66. The summed E-state index contributed by atoms with van der Waals surface area (Å²) in [6, 6.07) is 6.59. The number of nitrogens with zero attached hydrogens (tertiary/aromatic N) is 3. The summed E-state index contributed by atoms with van der Waals surface area (Å²) in [7, 11) is 1.80. The average molecular weight is 315 g/mol. The maximum atomic E-state index is 13.8. The summed E-state index contributed by atoms with van der Waals surface area (Å²) >= 11 is 0. The Morgan fingerprint density at radius 3 is 2.91 bits per heavy atom. The lowest BCUT2D eigenvalue weighted by atomic mass is 10.1. The molecule has 0 amide bonds. The minimum Gasteiger partial charge on any atom is -0.381 e. The number of carbonyl (C=O) groups excluding carboxylic acids is 1. The zero-order valence-corrected chi connectivity index (χ0v) is 13.1. The standard InChI is InChI=1S/C16H18FN5O/c1-10(23)15-12(17)5-3-7-14(15)22(2)8-4-6-13-11(9-18)16(19)21-20-13/h3,5,7H,4,6,8H2,1-2H3,(H3,19,20,21). The van der Waals surface area contributed by atoms with E-state index in [-0.39, 0.29) is 17.2 Å². The molecule has 0 spiro atoms. The van der Waals surface area contributed by atoms with Gasteiger partial charge in [-0.25, -0.2) is 4.39 Å². The van der Waals surface area contributed by atoms with Crippen molar-refractivity contribution in [1.29, 1.82) is 5.26 Å². The number of nitriles is 1. The molecule has 0 unspecified atom stereocenters. The maximum Gasteiger partial charge on any atom is 0.164 e. The molecule has 0 saturated heterocycles. The van der Waals surface area contributed by atoms with Crippen LogP contribution in [0.25, 0.3) is 0 Å². The van der Waals surface area contributed by atoms with Crippen molar-refractivity contribution in [2.24, 2.45) is 0 Å². The number of aromatic nitrogens is 2. The average Bonchev–Trinajstić information content (AvgIpc) is 2.86. The van der Waals surface area contributed by atoms with Gasteiger partial charge in [0.2, 0.25) is 0 Å². The van der Waals surface area contributed by atoms with Crippen molar-refractivity contribution in [2.75, 3.05) is 24.2 Å². The fourth-order valence-corrected chi connectivity index (χ4v) is 2.49. The molecule has 1 aromatic heterocycles. The van der Waals surface area contributed by atoms with Gasteiger partial charge >= 0.3 is 0 Å². The third kappa shape index (κ3) is 3.48. The van der Waals surface area contributed by atoms with Gasteiger partial charge in [0.15, 0.2) is 11.6 Å². The number of carbonyl (C=O) groups is 1. The quantitative estimate of drug-likeness (QED) is 0.797. The fourth-order valence-electron chi connectivity index (χ4n) is 2.49. The van der Waals surface area contributed by atoms with Crippen molar-refractivity contribution in [1.82, 2.24) is 10.2 Å². The van der Waals surface area contributed by atoms with Gasteiger partial charge in [0.1, 0.15) is 17.4 Å². The number of halogens is 1. The van der Waals surface area contributed by atoms with Crippen LogP contribution in [0.2, 0.25) is 0 Å². The van der Waals surface area contributed by atoms with E-state index < -0.39 is 5.82 Å². The largest absolute Gasteiger partial charge is 0.381 e. The highest BCUT2D eigenvalue weighted by molar-refractivity contribution is 6.00. The highest BCUT2D eigenvalue weighted by atomic mass is 19.1. The Balaban J connectivity index is 2.06. The van der Waals surface area contributed by atoms with E-state index in [1.807, 2.05) is 11.0 Å². The van der Waals surface area contributed by atoms with E-state index in [9.17, 15) is 9.18 Å². The van der Waals surface area contributed by atoms with Crippen molar-refractivity contribution in [3.8, 4) is 6.07 Å². The van der Waals surface area contributed by atoms with E-state index in [1.54, 1.807) is 19.2 Å². The molecule has 0 atom stereocenters. The van der Waals surface area contributed by atoms with Crippen LogP contribution in [-0.4, -0.2) is 29.6 Å². The molecule has 0 aliphatic rings. The molecule has 0 saturated carbocycles. The van der Waals surface area contributed by atoms with Crippen LogP contribution in [0, 0.1) is 17.1 Å². The molecule has 0 bridgehead atoms. The smallest absolute Gasteiger partial charge is 0.164 e. The highest BCUT2D eigenvalue weighted by Crippen LogP contribution is 2.23. The first kappa shape index (κ1) is 16.5. The van der Waals surface area contributed by atoms with Crippen LogP contribution < -0.4 is 10.6 Å². The van der Waals surface area contributed by atoms with E-state index in [2.05, 4.69) is 10.2 Å². The van der Waals surface area contributed by atoms with Gasteiger partial charge in [0, 0.05) is 13.6 Å². The van der Waals surface area contributed by atoms with E-state index in [0.717, 1.165) is 0 Å². The number of hydrogen-bond donors (Lipinski definition) is 2. The first-order valence-electron chi connectivity index (χ1n) is 7.19. The van der Waals surface area contributed by atoms with Crippen LogP contribution in [0.3, 0.4) is 0 Å². The number of anilines is 2. The van der Waals surface area contributed by atoms with Crippen molar-refractivity contribution in [3.05, 3.63) is 40.8 Å². The molecule has 1 heterocycles. The number of rotatable bonds is 6. The van der Waals surface area contributed by atoms with E-state index in [4.69, 9.17) is 11.0 Å². The number of benzene rings is 1. The molecule has 0 fully saturated rings. The Kier molecular flexibility index (Phi) is 4.96. The first-order chi connectivity index (χ1) is 11.0. The van der Waals surface area contributed by atoms with Gasteiger partial charge in [0.05, 0.1) is 16.9 Å². The zero-order chi connectivity index (χ0) is 17.0. The lowest BCUT2D eigenvalue weighted by Crippen LogP contribution is -2.22. The lowest BCUT2D eigenvalue weighted by Gasteiger charge is -2.21. The Bertz CT molecular complexity index is 762. The number of aryl methyl sites for hydroxylation is 1. The molecule has 7 heteroatoms. The van der Waals surface area contributed by atoms with Crippen LogP contribution in [0.1, 0.15) is 35.0 Å². The second-order valence-electron chi connectivity index (χ2n) is 5.29. The molecule has 0 radical (unpaired) electrons. The summed E-state index contributed by atoms with van der Waals surface area (Å²) in [6.45, 7) is 1.94. The monoisotopic (exact) mass is 315 g/mol. The van der Waals surface area contributed by atoms with Crippen molar-refractivity contribution >= 4 is 17.3 Å². The van der Waals surface area contributed by atoms with Gasteiger partial charge in [-0.05, 0) is 31.9 Å². The van der Waals surface area contributed by atoms with Crippen molar-refractivity contribution in [2.45, 2.75) is 19.8 Å². The van der Waals surface area contributed by atoms with E-state index >= 15 is 0 Å². The number of nitrogen functional groups attached to an aromatic ring is 1. The molecule has 23 heavy (non-hydrogen) atoms. The summed E-state index contributed by atoms with van der Waals surface area (Å²) < 4.78 is 13.8. The number of hydrogen-bond acceptors (Lipinski definition) is 5. The molecule has 0 aliphatic carbocycles. The first-order valence-corrected chi connectivity index (χ1v) is 7.19. The van der Waals surface area contributed by atoms with Gasteiger partial charge in [-0.2, -0.15) is 10.4 Å². The number of Topliss-reactive ketones (excluding diaryl/α,β-unsaturated/α-hetero) is 1. The number of aromatic amines is 1. The van der Waals surface area contributed by atoms with Crippen LogP contribution in [0.5, 0.6) is 0 Å². The van der Waals surface area contributed by atoms with Crippen LogP contribution >= 0.6 is 0 Å². The predicted molar refractivity (Wildman–Crippen MR) is 85.7 cm³/mol. The second kappa shape index (κ2) is 6.92. The van der Waals surface area contributed by atoms with Crippen molar-refractivity contribution < 1.29 is 9.18 Å². The van der Waals surface area contributed by atoms with Gasteiger partial charge in [-0.15, -0.1) is 0 Å². The Labute approximate surface area is 133 Å². The Morgan fingerprint density at radius 1 is 1.52 bits per heavy atom. The molecule has 2 aromatic rings. The Hall–Kier alpha value is -2.88. The SMILES string of the molecule is CC(=O)c1c(F)cccc1N(C)CCCc1[nH]nc(N)c1C#N. The second-order valence-corrected chi connectivity index (χ2v) is 5.29. The molecule has 6 nitrogen and oxygen atoms in total. The summed E-state index contributed by atoms with van der Waals surface area (Å²) in [5, 5.41) is 15.6. The van der Waals surface area contributed by atoms with Gasteiger partial charge < -0.3 is 10.6 Å². The number of ketones is 1. The predicted octanol–water partition coefficient (Wildman–Crippen LogP) is 2.27. The minimum absolute atomic E-state index is 0.0958. The summed E-state index contributed by atoms with van der Waals surface area (Å²) in [5.74, 6) is -0.632. The summed E-state index contributed by atoms with van der Waals surface area (Å²) in [4.78, 5) is 13.5. The third-order valence-electron chi connectivity index (χ3n) is 3.66. The van der Waals surface area contributed by atoms with E-state index in [0.29, 0.717) is 36.3 Å². The molecule has 0 aliphatic heterocycles.